The summed E-state index contributed by atoms with van der Waals surface area (Å²) < 4.78 is 21.7. The van der Waals surface area contributed by atoms with Crippen LogP contribution in [-0.4, -0.2) is 48.2 Å². The Morgan fingerprint density at radius 3 is 2.55 bits per heavy atom. The molecule has 29 heavy (non-hydrogen) atoms. The zero-order valence-corrected chi connectivity index (χ0v) is 17.2. The smallest absolute Gasteiger partial charge is 0.339 e. The van der Waals surface area contributed by atoms with E-state index < -0.39 is 12.1 Å². The van der Waals surface area contributed by atoms with Crippen molar-refractivity contribution in [2.45, 2.75) is 46.3 Å². The minimum atomic E-state index is -0.831. The lowest BCUT2D eigenvalue weighted by Crippen LogP contribution is -2.38. The summed E-state index contributed by atoms with van der Waals surface area (Å²) in [5.74, 6) is 0.816. The van der Waals surface area contributed by atoms with Crippen LogP contribution in [0.2, 0.25) is 0 Å². The number of nitrogens with zero attached hydrogens (tertiary/aromatic N) is 2. The molecule has 1 aliphatic rings. The van der Waals surface area contributed by atoms with E-state index in [4.69, 9.17) is 18.7 Å². The number of hydrogen-bond acceptors (Lipinski definition) is 7. The molecule has 1 aliphatic heterocycles. The van der Waals surface area contributed by atoms with Crippen LogP contribution in [0.5, 0.6) is 11.5 Å². The molecule has 0 spiro atoms. The van der Waals surface area contributed by atoms with Crippen LogP contribution < -0.4 is 9.47 Å². The van der Waals surface area contributed by atoms with Gasteiger partial charge in [-0.1, -0.05) is 5.16 Å². The van der Waals surface area contributed by atoms with Gasteiger partial charge in [0.25, 0.3) is 5.91 Å². The van der Waals surface area contributed by atoms with Gasteiger partial charge in [-0.25, -0.2) is 4.79 Å². The van der Waals surface area contributed by atoms with E-state index in [1.54, 1.807) is 24.0 Å². The lowest BCUT2D eigenvalue weighted by atomic mass is 10.2. The summed E-state index contributed by atoms with van der Waals surface area (Å²) in [5, 5.41) is 3.90. The van der Waals surface area contributed by atoms with Crippen LogP contribution in [0, 0.1) is 13.8 Å². The number of rotatable bonds is 7. The molecule has 0 N–H and O–H groups in total. The van der Waals surface area contributed by atoms with Crippen molar-refractivity contribution in [3.8, 4) is 11.5 Å². The summed E-state index contributed by atoms with van der Waals surface area (Å²) in [6, 6.07) is 4.76. The Kier molecular flexibility index (Phi) is 6.41. The van der Waals surface area contributed by atoms with Crippen molar-refractivity contribution in [1.29, 1.82) is 0 Å². The van der Waals surface area contributed by atoms with E-state index in [1.807, 2.05) is 13.8 Å². The molecule has 0 unspecified atom stereocenters. The summed E-state index contributed by atoms with van der Waals surface area (Å²) in [5.41, 5.74) is 1.91. The zero-order valence-electron chi connectivity index (χ0n) is 17.2. The predicted octanol–water partition coefficient (Wildman–Crippen LogP) is 3.05. The molecular formula is C21H26N2O6. The number of ether oxygens (including phenoxy) is 3. The van der Waals surface area contributed by atoms with Crippen LogP contribution in [0.15, 0.2) is 22.7 Å². The Hall–Kier alpha value is -3.03. The molecule has 0 bridgehead atoms. The molecule has 3 rings (SSSR count). The number of likely N-dealkylation sites (tertiary alicyclic amines) is 1. The molecular weight excluding hydrogens is 376 g/mol. The highest BCUT2D eigenvalue weighted by molar-refractivity contribution is 5.92. The van der Waals surface area contributed by atoms with Gasteiger partial charge in [-0.05, 0) is 51.8 Å². The van der Waals surface area contributed by atoms with Crippen molar-refractivity contribution >= 4 is 11.9 Å². The standard InChI is InChI=1S/C21H26N2O6/c1-13-17(14(2)29-22-13)12-27-18-8-7-16(11-19(18)26-4)21(25)28-15(3)20(24)23-9-5-6-10-23/h7-8,11,15H,5-6,9-10,12H2,1-4H3/t15-/m1/s1. The number of hydrogen-bond donors (Lipinski definition) is 0. The van der Waals surface area contributed by atoms with Gasteiger partial charge in [0.15, 0.2) is 17.6 Å². The predicted molar refractivity (Wildman–Crippen MR) is 104 cm³/mol. The molecule has 1 aromatic heterocycles. The van der Waals surface area contributed by atoms with E-state index in [-0.39, 0.29) is 18.1 Å². The summed E-state index contributed by atoms with van der Waals surface area (Å²) in [7, 11) is 1.49. The van der Waals surface area contributed by atoms with Crippen molar-refractivity contribution in [3.63, 3.8) is 0 Å². The molecule has 0 radical (unpaired) electrons. The highest BCUT2D eigenvalue weighted by Crippen LogP contribution is 2.30. The topological polar surface area (TPSA) is 91.1 Å². The molecule has 1 amide bonds. The SMILES string of the molecule is COc1cc(C(=O)O[C@H](C)C(=O)N2CCCC2)ccc1OCc1c(C)noc1C. The largest absolute Gasteiger partial charge is 0.493 e. The second-order valence-electron chi connectivity index (χ2n) is 7.04. The number of esters is 1. The maximum atomic E-state index is 12.5. The van der Waals surface area contributed by atoms with Gasteiger partial charge in [0.1, 0.15) is 12.4 Å². The number of aromatic nitrogens is 1. The first-order valence-corrected chi connectivity index (χ1v) is 9.63. The molecule has 0 aliphatic carbocycles. The van der Waals surface area contributed by atoms with Gasteiger partial charge in [0.2, 0.25) is 0 Å². The molecule has 1 saturated heterocycles. The fourth-order valence-electron chi connectivity index (χ4n) is 3.25. The van der Waals surface area contributed by atoms with Crippen LogP contribution in [0.4, 0.5) is 0 Å². The van der Waals surface area contributed by atoms with Gasteiger partial charge >= 0.3 is 5.97 Å². The van der Waals surface area contributed by atoms with Crippen LogP contribution in [0.3, 0.4) is 0 Å². The maximum absolute atomic E-state index is 12.5. The Labute approximate surface area is 169 Å². The Morgan fingerprint density at radius 2 is 1.93 bits per heavy atom. The summed E-state index contributed by atoms with van der Waals surface area (Å²) >= 11 is 0. The van der Waals surface area contributed by atoms with Gasteiger partial charge in [-0.2, -0.15) is 0 Å². The molecule has 1 aromatic carbocycles. The van der Waals surface area contributed by atoms with Crippen LogP contribution in [0.1, 0.15) is 47.1 Å². The minimum Gasteiger partial charge on any atom is -0.493 e. The average molecular weight is 402 g/mol. The Morgan fingerprint density at radius 1 is 1.21 bits per heavy atom. The second kappa shape index (κ2) is 8.98. The third-order valence-electron chi connectivity index (χ3n) is 5.00. The van der Waals surface area contributed by atoms with E-state index in [1.165, 1.54) is 13.2 Å². The monoisotopic (exact) mass is 402 g/mol. The quantitative estimate of drug-likeness (QED) is 0.657. The molecule has 1 atom stereocenters. The molecule has 1 fully saturated rings. The van der Waals surface area contributed by atoms with Gasteiger partial charge in [0, 0.05) is 13.1 Å². The maximum Gasteiger partial charge on any atom is 0.339 e. The first-order chi connectivity index (χ1) is 13.9. The Balaban J connectivity index is 1.65. The lowest BCUT2D eigenvalue weighted by Gasteiger charge is -2.20. The van der Waals surface area contributed by atoms with Gasteiger partial charge < -0.3 is 23.6 Å². The van der Waals surface area contributed by atoms with E-state index in [0.29, 0.717) is 30.3 Å². The first-order valence-electron chi connectivity index (χ1n) is 9.63. The average Bonchev–Trinajstić information content (AvgIpc) is 3.36. The molecule has 8 heteroatoms. The van der Waals surface area contributed by atoms with Gasteiger partial charge in [-0.3, -0.25) is 4.79 Å². The van der Waals surface area contributed by atoms with E-state index in [2.05, 4.69) is 5.16 Å². The number of amides is 1. The lowest BCUT2D eigenvalue weighted by molar-refractivity contribution is -0.138. The van der Waals surface area contributed by atoms with Crippen molar-refractivity contribution in [1.82, 2.24) is 10.1 Å². The summed E-state index contributed by atoms with van der Waals surface area (Å²) in [6.07, 6.45) is 1.14. The zero-order chi connectivity index (χ0) is 21.0. The molecule has 0 saturated carbocycles. The third kappa shape index (κ3) is 4.70. The minimum absolute atomic E-state index is 0.165. The number of benzene rings is 1. The van der Waals surface area contributed by atoms with Crippen molar-refractivity contribution in [3.05, 3.63) is 40.8 Å². The second-order valence-corrected chi connectivity index (χ2v) is 7.04. The first kappa shape index (κ1) is 20.7. The van der Waals surface area contributed by atoms with Crippen molar-refractivity contribution < 1.29 is 28.3 Å². The summed E-state index contributed by atoms with van der Waals surface area (Å²) in [6.45, 7) is 6.95. The normalized spacial score (nSPS) is 14.6. The Bertz CT molecular complexity index is 866. The van der Waals surface area contributed by atoms with Gasteiger partial charge in [0.05, 0.1) is 23.9 Å². The number of aryl methyl sites for hydroxylation is 2. The number of carbonyl (C=O) groups excluding carboxylic acids is 2. The van der Waals surface area contributed by atoms with Crippen LogP contribution in [0.25, 0.3) is 0 Å². The molecule has 2 heterocycles. The van der Waals surface area contributed by atoms with Crippen molar-refractivity contribution in [2.75, 3.05) is 20.2 Å². The molecule has 2 aromatic rings. The van der Waals surface area contributed by atoms with Crippen molar-refractivity contribution in [2.24, 2.45) is 0 Å². The molecule has 8 nitrogen and oxygen atoms in total. The fraction of sp³-hybridized carbons (Fsp3) is 0.476. The fourth-order valence-corrected chi connectivity index (χ4v) is 3.25. The van der Waals surface area contributed by atoms with E-state index >= 15 is 0 Å². The number of carbonyl (C=O) groups is 2. The van der Waals surface area contributed by atoms with Crippen LogP contribution >= 0.6 is 0 Å². The van der Waals surface area contributed by atoms with E-state index in [0.717, 1.165) is 24.1 Å². The van der Waals surface area contributed by atoms with Crippen LogP contribution in [-0.2, 0) is 16.1 Å². The third-order valence-corrected chi connectivity index (χ3v) is 5.00. The summed E-state index contributed by atoms with van der Waals surface area (Å²) in [4.78, 5) is 26.5. The highest BCUT2D eigenvalue weighted by atomic mass is 16.5. The molecule has 156 valence electrons. The van der Waals surface area contributed by atoms with E-state index in [9.17, 15) is 9.59 Å². The highest BCUT2D eigenvalue weighted by Gasteiger charge is 2.26. The van der Waals surface area contributed by atoms with Gasteiger partial charge in [-0.15, -0.1) is 0 Å². The number of methoxy groups -OCH3 is 1.